The van der Waals surface area contributed by atoms with Gasteiger partial charge in [0.1, 0.15) is 0 Å². The summed E-state index contributed by atoms with van der Waals surface area (Å²) in [6.45, 7) is 10.7. The smallest absolute Gasteiger partial charge is 0.0293 e. The van der Waals surface area contributed by atoms with Crippen LogP contribution in [0.2, 0.25) is 0 Å². The third-order valence-electron chi connectivity index (χ3n) is 2.44. The molecule has 1 aromatic rings. The molecule has 16 heavy (non-hydrogen) atoms. The van der Waals surface area contributed by atoms with Gasteiger partial charge in [-0.05, 0) is 45.4 Å². The van der Waals surface area contributed by atoms with E-state index in [1.165, 1.54) is 5.56 Å². The first-order valence-electron chi connectivity index (χ1n) is 5.87. The Morgan fingerprint density at radius 2 is 1.81 bits per heavy atom. The minimum absolute atomic E-state index is 0.196. The summed E-state index contributed by atoms with van der Waals surface area (Å²) in [5, 5.41) is 6.94. The van der Waals surface area contributed by atoms with Crippen molar-refractivity contribution >= 4 is 0 Å². The van der Waals surface area contributed by atoms with E-state index < -0.39 is 0 Å². The van der Waals surface area contributed by atoms with Gasteiger partial charge in [-0.15, -0.1) is 0 Å². The lowest BCUT2D eigenvalue weighted by Crippen LogP contribution is -2.40. The van der Waals surface area contributed by atoms with E-state index in [4.69, 9.17) is 0 Å². The van der Waals surface area contributed by atoms with Gasteiger partial charge in [-0.1, -0.05) is 0 Å². The molecule has 90 valence electrons. The molecule has 1 atom stereocenters. The second-order valence-corrected chi connectivity index (χ2v) is 5.13. The highest BCUT2D eigenvalue weighted by atomic mass is 15.0. The molecule has 0 aliphatic rings. The van der Waals surface area contributed by atoms with Crippen LogP contribution < -0.4 is 10.6 Å². The van der Waals surface area contributed by atoms with E-state index in [2.05, 4.69) is 55.4 Å². The van der Waals surface area contributed by atoms with Crippen molar-refractivity contribution in [2.24, 2.45) is 0 Å². The number of pyridine rings is 1. The van der Waals surface area contributed by atoms with Crippen molar-refractivity contribution in [3.63, 3.8) is 0 Å². The molecule has 1 aromatic heterocycles. The lowest BCUT2D eigenvalue weighted by molar-refractivity contribution is 0.414. The SMILES string of the molecule is CC(NCCNC(C)(C)C)c1ccncc1. The van der Waals surface area contributed by atoms with E-state index in [0.29, 0.717) is 6.04 Å². The largest absolute Gasteiger partial charge is 0.311 e. The zero-order valence-electron chi connectivity index (χ0n) is 10.7. The van der Waals surface area contributed by atoms with Gasteiger partial charge in [-0.25, -0.2) is 0 Å². The Kier molecular flexibility index (Phi) is 4.90. The molecule has 0 saturated heterocycles. The topological polar surface area (TPSA) is 37.0 Å². The van der Waals surface area contributed by atoms with E-state index in [1.807, 2.05) is 12.4 Å². The molecule has 1 unspecified atom stereocenters. The quantitative estimate of drug-likeness (QED) is 0.748. The monoisotopic (exact) mass is 221 g/mol. The van der Waals surface area contributed by atoms with Gasteiger partial charge in [-0.2, -0.15) is 0 Å². The number of aromatic nitrogens is 1. The van der Waals surface area contributed by atoms with Crippen LogP contribution in [0.1, 0.15) is 39.3 Å². The van der Waals surface area contributed by atoms with Crippen LogP contribution in [0.15, 0.2) is 24.5 Å². The summed E-state index contributed by atoms with van der Waals surface area (Å²) in [7, 11) is 0. The molecule has 0 aliphatic carbocycles. The zero-order chi connectivity index (χ0) is 12.0. The van der Waals surface area contributed by atoms with Crippen molar-refractivity contribution in [1.82, 2.24) is 15.6 Å². The highest BCUT2D eigenvalue weighted by Crippen LogP contribution is 2.09. The second-order valence-electron chi connectivity index (χ2n) is 5.13. The summed E-state index contributed by atoms with van der Waals surface area (Å²) in [5.41, 5.74) is 1.48. The number of nitrogens with zero attached hydrogens (tertiary/aromatic N) is 1. The van der Waals surface area contributed by atoms with Crippen LogP contribution in [0, 0.1) is 0 Å². The molecule has 0 aliphatic heterocycles. The Bertz CT molecular complexity index is 290. The summed E-state index contributed by atoms with van der Waals surface area (Å²) in [6, 6.07) is 4.48. The predicted octanol–water partition coefficient (Wildman–Crippen LogP) is 2.12. The highest BCUT2D eigenvalue weighted by molar-refractivity contribution is 5.13. The Balaban J connectivity index is 2.24. The van der Waals surface area contributed by atoms with Crippen molar-refractivity contribution in [3.05, 3.63) is 30.1 Å². The van der Waals surface area contributed by atoms with Gasteiger partial charge in [-0.3, -0.25) is 4.98 Å². The minimum atomic E-state index is 0.196. The van der Waals surface area contributed by atoms with Gasteiger partial charge < -0.3 is 10.6 Å². The maximum absolute atomic E-state index is 4.02. The molecular formula is C13H23N3. The third kappa shape index (κ3) is 5.24. The van der Waals surface area contributed by atoms with Crippen LogP contribution in [0.4, 0.5) is 0 Å². The van der Waals surface area contributed by atoms with Crippen molar-refractivity contribution in [1.29, 1.82) is 0 Å². The first-order chi connectivity index (χ1) is 7.49. The van der Waals surface area contributed by atoms with Gasteiger partial charge in [0.05, 0.1) is 0 Å². The number of hydrogen-bond acceptors (Lipinski definition) is 3. The average Bonchev–Trinajstić information content (AvgIpc) is 2.24. The highest BCUT2D eigenvalue weighted by Gasteiger charge is 2.08. The Morgan fingerprint density at radius 1 is 1.19 bits per heavy atom. The van der Waals surface area contributed by atoms with Crippen molar-refractivity contribution in [2.75, 3.05) is 13.1 Å². The maximum Gasteiger partial charge on any atom is 0.0293 e. The van der Waals surface area contributed by atoms with Crippen LogP contribution in [0.5, 0.6) is 0 Å². The number of rotatable bonds is 5. The normalized spacial score (nSPS) is 13.8. The van der Waals surface area contributed by atoms with E-state index >= 15 is 0 Å². The average molecular weight is 221 g/mol. The predicted molar refractivity (Wildman–Crippen MR) is 68.4 cm³/mol. The van der Waals surface area contributed by atoms with Crippen LogP contribution >= 0.6 is 0 Å². The van der Waals surface area contributed by atoms with Gasteiger partial charge in [0.15, 0.2) is 0 Å². The summed E-state index contributed by atoms with van der Waals surface area (Å²) < 4.78 is 0. The molecule has 2 N–H and O–H groups in total. The summed E-state index contributed by atoms with van der Waals surface area (Å²) in [5.74, 6) is 0. The molecule has 3 heteroatoms. The fraction of sp³-hybridized carbons (Fsp3) is 0.615. The maximum atomic E-state index is 4.02. The lowest BCUT2D eigenvalue weighted by atomic mass is 10.1. The Labute approximate surface area is 98.7 Å². The Morgan fingerprint density at radius 3 is 2.38 bits per heavy atom. The van der Waals surface area contributed by atoms with Crippen LogP contribution in [0.25, 0.3) is 0 Å². The minimum Gasteiger partial charge on any atom is -0.311 e. The molecule has 0 aromatic carbocycles. The molecule has 0 spiro atoms. The molecule has 0 radical (unpaired) electrons. The number of hydrogen-bond donors (Lipinski definition) is 2. The van der Waals surface area contributed by atoms with E-state index in [1.54, 1.807) is 0 Å². The van der Waals surface area contributed by atoms with Crippen molar-refractivity contribution in [2.45, 2.75) is 39.3 Å². The summed E-state index contributed by atoms with van der Waals surface area (Å²) >= 11 is 0. The van der Waals surface area contributed by atoms with E-state index in [-0.39, 0.29) is 5.54 Å². The molecule has 3 nitrogen and oxygen atoms in total. The molecule has 0 bridgehead atoms. The zero-order valence-corrected chi connectivity index (χ0v) is 10.7. The molecule has 0 saturated carbocycles. The van der Waals surface area contributed by atoms with Crippen molar-refractivity contribution in [3.8, 4) is 0 Å². The Hall–Kier alpha value is -0.930. The molecule has 1 rings (SSSR count). The molecule has 1 heterocycles. The van der Waals surface area contributed by atoms with Crippen LogP contribution in [-0.2, 0) is 0 Å². The van der Waals surface area contributed by atoms with Gasteiger partial charge in [0.2, 0.25) is 0 Å². The summed E-state index contributed by atoms with van der Waals surface area (Å²) in [4.78, 5) is 4.02. The molecule has 0 fully saturated rings. The number of nitrogens with one attached hydrogen (secondary N) is 2. The van der Waals surface area contributed by atoms with E-state index in [0.717, 1.165) is 13.1 Å². The fourth-order valence-electron chi connectivity index (χ4n) is 1.50. The van der Waals surface area contributed by atoms with Gasteiger partial charge in [0.25, 0.3) is 0 Å². The van der Waals surface area contributed by atoms with Crippen LogP contribution in [-0.4, -0.2) is 23.6 Å². The first-order valence-corrected chi connectivity index (χ1v) is 5.87. The molecule has 0 amide bonds. The standard InChI is InChI=1S/C13H23N3/c1-11(12-5-7-14-8-6-12)15-9-10-16-13(2,3)4/h5-8,11,15-16H,9-10H2,1-4H3. The first kappa shape index (κ1) is 13.1. The third-order valence-corrected chi connectivity index (χ3v) is 2.44. The fourth-order valence-corrected chi connectivity index (χ4v) is 1.50. The summed E-state index contributed by atoms with van der Waals surface area (Å²) in [6.07, 6.45) is 3.67. The van der Waals surface area contributed by atoms with Gasteiger partial charge in [0, 0.05) is 37.1 Å². The lowest BCUT2D eigenvalue weighted by Gasteiger charge is -2.21. The molecular weight excluding hydrogens is 198 g/mol. The van der Waals surface area contributed by atoms with Gasteiger partial charge >= 0.3 is 0 Å². The second kappa shape index (κ2) is 5.97. The van der Waals surface area contributed by atoms with Crippen LogP contribution in [0.3, 0.4) is 0 Å². The van der Waals surface area contributed by atoms with E-state index in [9.17, 15) is 0 Å². The van der Waals surface area contributed by atoms with Crippen molar-refractivity contribution < 1.29 is 0 Å².